The molecule has 1 aromatic rings. The molecule has 0 bridgehead atoms. The molecule has 1 fully saturated rings. The van der Waals surface area contributed by atoms with Gasteiger partial charge in [0.15, 0.2) is 0 Å². The molecule has 5 nitrogen and oxygen atoms in total. The first-order chi connectivity index (χ1) is 10.7. The van der Waals surface area contributed by atoms with Crippen molar-refractivity contribution in [1.29, 1.82) is 5.26 Å². The highest BCUT2D eigenvalue weighted by molar-refractivity contribution is 5.82. The molecule has 1 saturated heterocycles. The Kier molecular flexibility index (Phi) is 6.23. The lowest BCUT2D eigenvalue weighted by Gasteiger charge is -2.34. The fraction of sp³-hybridized carbons (Fsp3) is 0.529. The van der Waals surface area contributed by atoms with E-state index in [4.69, 9.17) is 10.00 Å². The number of benzene rings is 1. The fourth-order valence-corrected chi connectivity index (χ4v) is 2.68. The van der Waals surface area contributed by atoms with Crippen LogP contribution >= 0.6 is 0 Å². The maximum atomic E-state index is 12.0. The van der Waals surface area contributed by atoms with E-state index in [9.17, 15) is 4.79 Å². The summed E-state index contributed by atoms with van der Waals surface area (Å²) in [6, 6.07) is 9.20. The summed E-state index contributed by atoms with van der Waals surface area (Å²) in [6.07, 6.45) is 3.04. The van der Waals surface area contributed by atoms with Gasteiger partial charge in [0.25, 0.3) is 0 Å². The SMILES string of the molecule is CCCC[C@H]1C(=O)NCCN1CCOc1cccc(C#N)c1. The summed E-state index contributed by atoms with van der Waals surface area (Å²) in [5, 5.41) is 11.8. The van der Waals surface area contributed by atoms with Gasteiger partial charge in [-0.05, 0) is 24.6 Å². The number of nitriles is 1. The molecule has 2 rings (SSSR count). The Morgan fingerprint density at radius 2 is 2.36 bits per heavy atom. The second-order valence-electron chi connectivity index (χ2n) is 5.47. The highest BCUT2D eigenvalue weighted by atomic mass is 16.5. The Morgan fingerprint density at radius 3 is 3.14 bits per heavy atom. The van der Waals surface area contributed by atoms with Crippen LogP contribution in [0.2, 0.25) is 0 Å². The van der Waals surface area contributed by atoms with Gasteiger partial charge in [0.2, 0.25) is 5.91 Å². The van der Waals surface area contributed by atoms with E-state index in [1.165, 1.54) is 0 Å². The molecule has 22 heavy (non-hydrogen) atoms. The highest BCUT2D eigenvalue weighted by Crippen LogP contribution is 2.14. The standard InChI is InChI=1S/C17H23N3O2/c1-2-3-7-16-17(21)19-8-9-20(16)10-11-22-15-6-4-5-14(12-15)13-18/h4-6,12,16H,2-3,7-11H2,1H3,(H,19,21)/t16-/m0/s1. The molecule has 1 heterocycles. The molecule has 0 aliphatic carbocycles. The van der Waals surface area contributed by atoms with Gasteiger partial charge in [0.05, 0.1) is 17.7 Å². The molecule has 0 saturated carbocycles. The summed E-state index contributed by atoms with van der Waals surface area (Å²) in [5.74, 6) is 0.830. The number of ether oxygens (including phenoxy) is 1. The van der Waals surface area contributed by atoms with Crippen molar-refractivity contribution in [3.05, 3.63) is 29.8 Å². The number of piperazine rings is 1. The van der Waals surface area contributed by atoms with Crippen LogP contribution < -0.4 is 10.1 Å². The smallest absolute Gasteiger partial charge is 0.237 e. The largest absolute Gasteiger partial charge is 0.492 e. The number of carbonyl (C=O) groups is 1. The zero-order valence-corrected chi connectivity index (χ0v) is 13.0. The molecule has 1 N–H and O–H groups in total. The third-order valence-electron chi connectivity index (χ3n) is 3.88. The minimum absolute atomic E-state index is 0.0391. The van der Waals surface area contributed by atoms with Crippen LogP contribution in [-0.2, 0) is 4.79 Å². The zero-order valence-electron chi connectivity index (χ0n) is 13.0. The Morgan fingerprint density at radius 1 is 1.50 bits per heavy atom. The number of hydrogen-bond donors (Lipinski definition) is 1. The van der Waals surface area contributed by atoms with Gasteiger partial charge in [0, 0.05) is 19.6 Å². The first-order valence-corrected chi connectivity index (χ1v) is 7.89. The molecule has 1 aliphatic rings. The third-order valence-corrected chi connectivity index (χ3v) is 3.88. The monoisotopic (exact) mass is 301 g/mol. The number of amides is 1. The van der Waals surface area contributed by atoms with Crippen molar-refractivity contribution in [3.8, 4) is 11.8 Å². The fourth-order valence-electron chi connectivity index (χ4n) is 2.68. The highest BCUT2D eigenvalue weighted by Gasteiger charge is 2.28. The molecule has 0 spiro atoms. The minimum Gasteiger partial charge on any atom is -0.492 e. The maximum Gasteiger partial charge on any atom is 0.237 e. The van der Waals surface area contributed by atoms with E-state index in [0.29, 0.717) is 24.5 Å². The van der Waals surface area contributed by atoms with Crippen LogP contribution in [0.4, 0.5) is 0 Å². The van der Waals surface area contributed by atoms with Gasteiger partial charge in [-0.3, -0.25) is 9.69 Å². The van der Waals surface area contributed by atoms with Crippen molar-refractivity contribution < 1.29 is 9.53 Å². The van der Waals surface area contributed by atoms with Gasteiger partial charge in [-0.2, -0.15) is 5.26 Å². The summed E-state index contributed by atoms with van der Waals surface area (Å²) in [5.41, 5.74) is 0.593. The summed E-state index contributed by atoms with van der Waals surface area (Å²) in [7, 11) is 0. The predicted molar refractivity (Wildman–Crippen MR) is 84.5 cm³/mol. The number of rotatable bonds is 7. The molecule has 1 aromatic carbocycles. The molecule has 0 radical (unpaired) electrons. The average molecular weight is 301 g/mol. The molecule has 1 atom stereocenters. The molecular weight excluding hydrogens is 278 g/mol. The number of nitrogens with one attached hydrogen (secondary N) is 1. The first-order valence-electron chi connectivity index (χ1n) is 7.89. The zero-order chi connectivity index (χ0) is 15.8. The quantitative estimate of drug-likeness (QED) is 0.835. The number of carbonyl (C=O) groups excluding carboxylic acids is 1. The Hall–Kier alpha value is -2.06. The van der Waals surface area contributed by atoms with Crippen molar-refractivity contribution >= 4 is 5.91 Å². The van der Waals surface area contributed by atoms with Crippen LogP contribution in [0.1, 0.15) is 31.7 Å². The summed E-state index contributed by atoms with van der Waals surface area (Å²) in [4.78, 5) is 14.2. The maximum absolute atomic E-state index is 12.0. The van der Waals surface area contributed by atoms with E-state index in [1.54, 1.807) is 12.1 Å². The first kappa shape index (κ1) is 16.3. The van der Waals surface area contributed by atoms with Crippen LogP contribution in [0, 0.1) is 11.3 Å². The lowest BCUT2D eigenvalue weighted by molar-refractivity contribution is -0.129. The topological polar surface area (TPSA) is 65.4 Å². The summed E-state index contributed by atoms with van der Waals surface area (Å²) in [6.45, 7) is 4.94. The van der Waals surface area contributed by atoms with E-state index >= 15 is 0 Å². The minimum atomic E-state index is -0.0391. The van der Waals surface area contributed by atoms with Crippen LogP contribution in [0.25, 0.3) is 0 Å². The van der Waals surface area contributed by atoms with Gasteiger partial charge in [-0.15, -0.1) is 0 Å². The normalized spacial score (nSPS) is 18.5. The van der Waals surface area contributed by atoms with E-state index < -0.39 is 0 Å². The molecule has 5 heteroatoms. The van der Waals surface area contributed by atoms with E-state index in [0.717, 1.165) is 32.4 Å². The molecular formula is C17H23N3O2. The number of nitrogens with zero attached hydrogens (tertiary/aromatic N) is 2. The van der Waals surface area contributed by atoms with Crippen molar-refractivity contribution in [2.75, 3.05) is 26.2 Å². The van der Waals surface area contributed by atoms with Gasteiger partial charge < -0.3 is 10.1 Å². The Bertz CT molecular complexity index is 539. The second-order valence-corrected chi connectivity index (χ2v) is 5.47. The van der Waals surface area contributed by atoms with E-state index in [2.05, 4.69) is 23.2 Å². The van der Waals surface area contributed by atoms with Crippen molar-refractivity contribution in [2.24, 2.45) is 0 Å². The van der Waals surface area contributed by atoms with Crippen molar-refractivity contribution in [2.45, 2.75) is 32.2 Å². The van der Waals surface area contributed by atoms with Crippen molar-refractivity contribution in [1.82, 2.24) is 10.2 Å². The molecule has 0 unspecified atom stereocenters. The van der Waals surface area contributed by atoms with Crippen LogP contribution in [0.3, 0.4) is 0 Å². The lowest BCUT2D eigenvalue weighted by Crippen LogP contribution is -2.56. The summed E-state index contributed by atoms with van der Waals surface area (Å²) < 4.78 is 5.71. The number of hydrogen-bond acceptors (Lipinski definition) is 4. The van der Waals surface area contributed by atoms with Gasteiger partial charge in [-0.1, -0.05) is 25.8 Å². The molecule has 118 valence electrons. The van der Waals surface area contributed by atoms with E-state index in [1.807, 2.05) is 12.1 Å². The Balaban J connectivity index is 1.85. The molecule has 1 amide bonds. The van der Waals surface area contributed by atoms with Crippen LogP contribution in [0.15, 0.2) is 24.3 Å². The average Bonchev–Trinajstić information content (AvgIpc) is 2.54. The van der Waals surface area contributed by atoms with Crippen LogP contribution in [0.5, 0.6) is 5.75 Å². The van der Waals surface area contributed by atoms with Gasteiger partial charge in [0.1, 0.15) is 12.4 Å². The number of unbranched alkanes of at least 4 members (excludes halogenated alkanes) is 1. The third kappa shape index (κ3) is 4.47. The van der Waals surface area contributed by atoms with Crippen LogP contribution in [-0.4, -0.2) is 43.1 Å². The summed E-state index contributed by atoms with van der Waals surface area (Å²) >= 11 is 0. The Labute approximate surface area is 131 Å². The van der Waals surface area contributed by atoms with E-state index in [-0.39, 0.29) is 11.9 Å². The lowest BCUT2D eigenvalue weighted by atomic mass is 10.1. The predicted octanol–water partition coefficient (Wildman–Crippen LogP) is 1.93. The van der Waals surface area contributed by atoms with Gasteiger partial charge >= 0.3 is 0 Å². The molecule has 0 aromatic heterocycles. The van der Waals surface area contributed by atoms with Crippen molar-refractivity contribution in [3.63, 3.8) is 0 Å². The molecule has 1 aliphatic heterocycles. The second kappa shape index (κ2) is 8.40. The van der Waals surface area contributed by atoms with Gasteiger partial charge in [-0.25, -0.2) is 0 Å².